The molecule has 0 saturated carbocycles. The van der Waals surface area contributed by atoms with Crippen LogP contribution >= 0.6 is 22.9 Å². The molecule has 1 aliphatic heterocycles. The van der Waals surface area contributed by atoms with Crippen molar-refractivity contribution in [1.82, 2.24) is 9.88 Å². The van der Waals surface area contributed by atoms with Crippen molar-refractivity contribution in [2.24, 2.45) is 0 Å². The number of ether oxygens (including phenoxy) is 2. The first-order chi connectivity index (χ1) is 19.5. The minimum Gasteiger partial charge on any atom is -0.497 e. The molecule has 0 radical (unpaired) electrons. The number of rotatable bonds is 9. The van der Waals surface area contributed by atoms with Gasteiger partial charge in [-0.15, -0.1) is 5.54 Å². The highest BCUT2D eigenvalue weighted by molar-refractivity contribution is 7.16. The molecule has 1 aromatic heterocycles. The van der Waals surface area contributed by atoms with Crippen LogP contribution in [0.1, 0.15) is 63.5 Å². The van der Waals surface area contributed by atoms with E-state index in [0.29, 0.717) is 38.0 Å². The van der Waals surface area contributed by atoms with E-state index in [1.165, 1.54) is 26.4 Å². The van der Waals surface area contributed by atoms with Crippen LogP contribution in [0.5, 0.6) is 11.5 Å². The summed E-state index contributed by atoms with van der Waals surface area (Å²) in [6, 6.07) is 3.38. The summed E-state index contributed by atoms with van der Waals surface area (Å²) in [5.41, 5.74) is 4.78. The monoisotopic (exact) mass is 643 g/mol. The van der Waals surface area contributed by atoms with Gasteiger partial charge in [0.2, 0.25) is 5.91 Å². The highest BCUT2D eigenvalue weighted by atomic mass is 35.5. The van der Waals surface area contributed by atoms with Crippen LogP contribution in [0, 0.1) is 11.5 Å². The Morgan fingerprint density at radius 2 is 1.67 bits per heavy atom. The van der Waals surface area contributed by atoms with Crippen LogP contribution in [-0.4, -0.2) is 69.3 Å². The van der Waals surface area contributed by atoms with Gasteiger partial charge in [-0.25, -0.2) is 4.98 Å². The summed E-state index contributed by atoms with van der Waals surface area (Å²) < 4.78 is 50.3. The minimum atomic E-state index is -4.58. The number of halogens is 4. The second kappa shape index (κ2) is 13.3. The van der Waals surface area contributed by atoms with Crippen molar-refractivity contribution in [2.45, 2.75) is 76.8 Å². The zero-order valence-electron chi connectivity index (χ0n) is 25.1. The Morgan fingerprint density at radius 1 is 1.12 bits per heavy atom. The van der Waals surface area contributed by atoms with E-state index in [1.807, 2.05) is 0 Å². The first kappa shape index (κ1) is 33.7. The van der Waals surface area contributed by atoms with E-state index in [0.717, 1.165) is 16.2 Å². The Bertz CT molecular complexity index is 1330. The molecule has 7 nitrogen and oxygen atoms in total. The fourth-order valence-corrected chi connectivity index (χ4v) is 12.2. The van der Waals surface area contributed by atoms with Gasteiger partial charge >= 0.3 is 6.18 Å². The minimum absolute atomic E-state index is 0.0140. The fraction of sp³-hybridized carbons (Fsp3) is 0.552. The molecule has 1 aromatic carbocycles. The predicted octanol–water partition coefficient (Wildman–Crippen LogP) is 7.19. The van der Waals surface area contributed by atoms with Crippen LogP contribution < -0.4 is 14.4 Å². The number of methoxy groups -OCH3 is 2. The Hall–Kier alpha value is -2.75. The van der Waals surface area contributed by atoms with Gasteiger partial charge in [0.1, 0.15) is 36.5 Å². The highest BCUT2D eigenvalue weighted by Gasteiger charge is 2.45. The van der Waals surface area contributed by atoms with Gasteiger partial charge < -0.3 is 14.4 Å². The molecular formula is C29H37ClF3N3O4SSi. The number of carbonyl (C=O) groups excluding carboxylic acids is 2. The first-order valence-electron chi connectivity index (χ1n) is 13.7. The van der Waals surface area contributed by atoms with E-state index in [9.17, 15) is 22.8 Å². The summed E-state index contributed by atoms with van der Waals surface area (Å²) in [6.45, 7) is 11.5. The zero-order valence-corrected chi connectivity index (χ0v) is 27.6. The fourth-order valence-electron chi connectivity index (χ4n) is 5.90. The van der Waals surface area contributed by atoms with Gasteiger partial charge in [-0.2, -0.15) is 13.2 Å². The molecule has 1 unspecified atom stereocenters. The number of amides is 2. The molecule has 1 atom stereocenters. The summed E-state index contributed by atoms with van der Waals surface area (Å²) in [7, 11) is 0.747. The molecule has 1 saturated heterocycles. The largest absolute Gasteiger partial charge is 0.497 e. The summed E-state index contributed by atoms with van der Waals surface area (Å²) >= 11 is 7.60. The summed E-state index contributed by atoms with van der Waals surface area (Å²) in [4.78, 5) is 33.7. The van der Waals surface area contributed by atoms with Crippen molar-refractivity contribution in [1.29, 1.82) is 0 Å². The number of carbonyl (C=O) groups is 2. The third-order valence-corrected chi connectivity index (χ3v) is 15.3. The number of hydrogen-bond acceptors (Lipinski definition) is 6. The van der Waals surface area contributed by atoms with Gasteiger partial charge in [0.25, 0.3) is 5.91 Å². The maximum atomic E-state index is 14.1. The molecule has 0 N–H and O–H groups in total. The first-order valence-corrected chi connectivity index (χ1v) is 17.1. The van der Waals surface area contributed by atoms with Crippen LogP contribution in [0.3, 0.4) is 0 Å². The van der Waals surface area contributed by atoms with Crippen molar-refractivity contribution in [3.05, 3.63) is 33.2 Å². The SMILES string of the molecule is COc1cc(OC)cc(N(C(=O)c2nc(C#C[Si](C(C)C)(C(C)C)C(C)C)sc2Cl)C2CCN(CC(F)(F)F)C2=O)c1. The second-order valence-electron chi connectivity index (χ2n) is 11.2. The lowest BCUT2D eigenvalue weighted by Crippen LogP contribution is -2.47. The molecule has 2 heterocycles. The number of thiazole rings is 1. The average molecular weight is 644 g/mol. The van der Waals surface area contributed by atoms with Crippen molar-refractivity contribution >= 4 is 48.5 Å². The van der Waals surface area contributed by atoms with Crippen LogP contribution in [0.15, 0.2) is 18.2 Å². The quantitative estimate of drug-likeness (QED) is 0.214. The molecule has 0 aliphatic carbocycles. The smallest absolute Gasteiger partial charge is 0.406 e. The van der Waals surface area contributed by atoms with Crippen LogP contribution in [0.2, 0.25) is 21.0 Å². The van der Waals surface area contributed by atoms with Crippen LogP contribution in [-0.2, 0) is 4.79 Å². The standard InChI is InChI=1S/C29H37ClF3N3O4SSi/c1-17(2)42(18(3)4,19(5)6)12-10-24-34-25(26(30)41-24)28(38)36(20-13-21(39-7)15-22(14-20)40-8)23-9-11-35(27(23)37)16-29(31,32)33/h13-15,17-19,23H,9,11,16H2,1-8H3. The maximum absolute atomic E-state index is 14.1. The average Bonchev–Trinajstić information content (AvgIpc) is 3.44. The van der Waals surface area contributed by atoms with E-state index < -0.39 is 38.7 Å². The van der Waals surface area contributed by atoms with Crippen LogP contribution in [0.4, 0.5) is 18.9 Å². The highest BCUT2D eigenvalue weighted by Crippen LogP contribution is 2.41. The molecule has 2 aromatic rings. The van der Waals surface area contributed by atoms with Crippen molar-refractivity contribution in [2.75, 3.05) is 32.2 Å². The number of benzene rings is 1. The van der Waals surface area contributed by atoms with Crippen molar-refractivity contribution in [3.8, 4) is 23.0 Å². The lowest BCUT2D eigenvalue weighted by atomic mass is 10.1. The Labute approximate surface area is 255 Å². The second-order valence-corrected chi connectivity index (χ2v) is 18.4. The molecule has 13 heteroatoms. The third-order valence-electron chi connectivity index (χ3n) is 7.82. The Balaban J connectivity index is 2.11. The van der Waals surface area contributed by atoms with Gasteiger partial charge in [0, 0.05) is 24.7 Å². The number of aromatic nitrogens is 1. The van der Waals surface area contributed by atoms with Crippen molar-refractivity contribution < 1.29 is 32.2 Å². The summed E-state index contributed by atoms with van der Waals surface area (Å²) in [5, 5.41) is 0.363. The van der Waals surface area contributed by atoms with Gasteiger partial charge in [0.05, 0.1) is 19.9 Å². The van der Waals surface area contributed by atoms with E-state index in [-0.39, 0.29) is 28.7 Å². The number of anilines is 1. The maximum Gasteiger partial charge on any atom is 0.406 e. The normalized spacial score (nSPS) is 15.8. The third kappa shape index (κ3) is 7.06. The molecule has 3 rings (SSSR count). The number of alkyl halides is 3. The predicted molar refractivity (Wildman–Crippen MR) is 162 cm³/mol. The molecule has 0 bridgehead atoms. The van der Waals surface area contributed by atoms with Gasteiger partial charge in [-0.3, -0.25) is 14.5 Å². The molecule has 0 spiro atoms. The molecule has 2 amide bonds. The number of nitrogens with zero attached hydrogens (tertiary/aromatic N) is 3. The number of hydrogen-bond donors (Lipinski definition) is 0. The van der Waals surface area contributed by atoms with Gasteiger partial charge in [0.15, 0.2) is 10.7 Å². The summed E-state index contributed by atoms with van der Waals surface area (Å²) in [6.07, 6.45) is -4.59. The molecule has 42 heavy (non-hydrogen) atoms. The topological polar surface area (TPSA) is 72.0 Å². The van der Waals surface area contributed by atoms with E-state index >= 15 is 0 Å². The van der Waals surface area contributed by atoms with E-state index in [2.05, 4.69) is 58.0 Å². The lowest BCUT2D eigenvalue weighted by molar-refractivity contribution is -0.157. The Morgan fingerprint density at radius 3 is 2.14 bits per heavy atom. The van der Waals surface area contributed by atoms with Crippen LogP contribution in [0.25, 0.3) is 0 Å². The molecule has 230 valence electrons. The Kier molecular flexibility index (Phi) is 10.7. The molecular weight excluding hydrogens is 607 g/mol. The lowest BCUT2D eigenvalue weighted by Gasteiger charge is -2.37. The van der Waals surface area contributed by atoms with Crippen molar-refractivity contribution in [3.63, 3.8) is 0 Å². The zero-order chi connectivity index (χ0) is 31.6. The van der Waals surface area contributed by atoms with E-state index in [4.69, 9.17) is 21.1 Å². The number of likely N-dealkylation sites (tertiary alicyclic amines) is 1. The molecule has 1 fully saturated rings. The molecule has 1 aliphatic rings. The van der Waals surface area contributed by atoms with E-state index in [1.54, 1.807) is 6.07 Å². The summed E-state index contributed by atoms with van der Waals surface area (Å²) in [5.74, 6) is 2.30. The van der Waals surface area contributed by atoms with Gasteiger partial charge in [-0.1, -0.05) is 64.5 Å². The van der Waals surface area contributed by atoms with Gasteiger partial charge in [-0.05, 0) is 29.0 Å².